The molecule has 0 unspecified atom stereocenters. The number of hydrogen-bond acceptors (Lipinski definition) is 6. The van der Waals surface area contributed by atoms with Gasteiger partial charge in [0, 0.05) is 39.3 Å². The van der Waals surface area contributed by atoms with Gasteiger partial charge in [-0.15, -0.1) is 0 Å². The van der Waals surface area contributed by atoms with Crippen molar-refractivity contribution in [3.63, 3.8) is 0 Å². The van der Waals surface area contributed by atoms with Gasteiger partial charge in [0.1, 0.15) is 0 Å². The van der Waals surface area contributed by atoms with Crippen molar-refractivity contribution in [3.05, 3.63) is 75.5 Å². The van der Waals surface area contributed by atoms with E-state index in [0.717, 1.165) is 22.0 Å². The molecule has 2 heterocycles. The molecule has 0 radical (unpaired) electrons. The van der Waals surface area contributed by atoms with Crippen LogP contribution in [0.1, 0.15) is 21.6 Å². The van der Waals surface area contributed by atoms with Crippen molar-refractivity contribution >= 4 is 52.0 Å². The van der Waals surface area contributed by atoms with Gasteiger partial charge >= 0.3 is 0 Å². The molecule has 29 heavy (non-hydrogen) atoms. The predicted octanol–water partition coefficient (Wildman–Crippen LogP) is 3.73. The molecule has 3 N–H and O–H groups in total. The van der Waals surface area contributed by atoms with Crippen LogP contribution in [0.25, 0.3) is 10.9 Å². The van der Waals surface area contributed by atoms with Crippen LogP contribution in [0.5, 0.6) is 0 Å². The van der Waals surface area contributed by atoms with Gasteiger partial charge in [-0.3, -0.25) is 4.79 Å². The van der Waals surface area contributed by atoms with Crippen LogP contribution in [-0.4, -0.2) is 27.0 Å². The topological polar surface area (TPSA) is 111 Å². The summed E-state index contributed by atoms with van der Waals surface area (Å²) in [6.45, 7) is 0.553. The van der Waals surface area contributed by atoms with Crippen LogP contribution in [-0.2, 0) is 6.54 Å². The molecule has 4 rings (SSSR count). The molecule has 4 aromatic rings. The van der Waals surface area contributed by atoms with Gasteiger partial charge in [-0.25, -0.2) is 10.1 Å². The summed E-state index contributed by atoms with van der Waals surface area (Å²) in [6, 6.07) is 13.3. The van der Waals surface area contributed by atoms with E-state index in [9.17, 15) is 4.79 Å². The normalized spacial score (nSPS) is 11.4. The molecule has 0 aliphatic heterocycles. The van der Waals surface area contributed by atoms with E-state index < -0.39 is 5.91 Å². The highest BCUT2D eigenvalue weighted by Gasteiger charge is 2.15. The highest BCUT2D eigenvalue weighted by molar-refractivity contribution is 6.35. The first-order chi connectivity index (χ1) is 14.0. The van der Waals surface area contributed by atoms with Crippen LogP contribution in [0.4, 0.5) is 5.82 Å². The Bertz CT molecular complexity index is 1230. The summed E-state index contributed by atoms with van der Waals surface area (Å²) in [7, 11) is 0. The van der Waals surface area contributed by atoms with E-state index in [1.807, 2.05) is 41.1 Å². The van der Waals surface area contributed by atoms with Gasteiger partial charge in [0.25, 0.3) is 5.91 Å². The van der Waals surface area contributed by atoms with Crippen molar-refractivity contribution in [2.75, 3.05) is 5.73 Å². The molecule has 146 valence electrons. The number of hydrazone groups is 1. The maximum atomic E-state index is 12.0. The predicted molar refractivity (Wildman–Crippen MR) is 111 cm³/mol. The first kappa shape index (κ1) is 19.0. The number of anilines is 1. The number of nitrogens with zero attached hydrogens (tertiary/aromatic N) is 4. The van der Waals surface area contributed by atoms with Gasteiger partial charge in [0.2, 0.25) is 11.5 Å². The lowest BCUT2D eigenvalue weighted by Crippen LogP contribution is -2.19. The molecular weight excluding hydrogens is 415 g/mol. The van der Waals surface area contributed by atoms with Gasteiger partial charge in [0.15, 0.2) is 0 Å². The maximum absolute atomic E-state index is 12.0. The zero-order chi connectivity index (χ0) is 20.4. The second-order valence-electron chi connectivity index (χ2n) is 6.16. The second-order valence-corrected chi connectivity index (χ2v) is 7.01. The standard InChI is InChI=1S/C19H14Cl2N6O2/c20-13-6-5-11(15(21)7-13)9-27-10-12(14-3-1-2-4-16(14)27)8-23-24-19(28)17-18(22)26-29-25-17/h1-8,10H,9H2,(H2,22,26)(H,24,28)/b23-8-. The molecule has 0 spiro atoms. The average molecular weight is 429 g/mol. The number of fused-ring (bicyclic) bond motifs is 1. The van der Waals surface area contributed by atoms with E-state index in [0.29, 0.717) is 16.6 Å². The molecule has 8 nitrogen and oxygen atoms in total. The monoisotopic (exact) mass is 428 g/mol. The summed E-state index contributed by atoms with van der Waals surface area (Å²) >= 11 is 12.3. The lowest BCUT2D eigenvalue weighted by Gasteiger charge is -2.08. The van der Waals surface area contributed by atoms with Gasteiger partial charge in [-0.2, -0.15) is 5.10 Å². The minimum atomic E-state index is -0.614. The summed E-state index contributed by atoms with van der Waals surface area (Å²) in [5, 5.41) is 12.9. The van der Waals surface area contributed by atoms with Crippen LogP contribution in [0.3, 0.4) is 0 Å². The number of halogens is 2. The van der Waals surface area contributed by atoms with Crippen molar-refractivity contribution in [1.29, 1.82) is 0 Å². The number of nitrogen functional groups attached to an aromatic ring is 1. The fraction of sp³-hybridized carbons (Fsp3) is 0.0526. The Morgan fingerprint density at radius 1 is 1.24 bits per heavy atom. The highest BCUT2D eigenvalue weighted by Crippen LogP contribution is 2.25. The molecule has 0 atom stereocenters. The number of para-hydroxylation sites is 1. The maximum Gasteiger partial charge on any atom is 0.297 e. The average Bonchev–Trinajstić information content (AvgIpc) is 3.28. The number of benzene rings is 2. The molecule has 2 aromatic heterocycles. The molecule has 0 fully saturated rings. The van der Waals surface area contributed by atoms with Crippen molar-refractivity contribution in [2.45, 2.75) is 6.54 Å². The highest BCUT2D eigenvalue weighted by atomic mass is 35.5. The number of aromatic nitrogens is 3. The Morgan fingerprint density at radius 2 is 2.07 bits per heavy atom. The Hall–Kier alpha value is -3.36. The minimum Gasteiger partial charge on any atom is -0.379 e. The quantitative estimate of drug-likeness (QED) is 0.371. The van der Waals surface area contributed by atoms with E-state index in [4.69, 9.17) is 28.9 Å². The molecule has 2 aromatic carbocycles. The zero-order valence-electron chi connectivity index (χ0n) is 14.8. The summed E-state index contributed by atoms with van der Waals surface area (Å²) < 4.78 is 6.45. The Morgan fingerprint density at radius 3 is 2.83 bits per heavy atom. The van der Waals surface area contributed by atoms with Gasteiger partial charge in [-0.1, -0.05) is 47.5 Å². The summed E-state index contributed by atoms with van der Waals surface area (Å²) in [6.07, 6.45) is 3.47. The first-order valence-corrected chi connectivity index (χ1v) is 9.22. The SMILES string of the molecule is Nc1nonc1C(=O)N/N=C\c1cn(Cc2ccc(Cl)cc2Cl)c2ccccc12. The van der Waals surface area contributed by atoms with Crippen molar-refractivity contribution in [3.8, 4) is 0 Å². The number of carbonyl (C=O) groups excluding carboxylic acids is 1. The number of nitrogens with one attached hydrogen (secondary N) is 1. The summed E-state index contributed by atoms with van der Waals surface area (Å²) in [5.74, 6) is -0.717. The first-order valence-electron chi connectivity index (χ1n) is 8.46. The Kier molecular flexibility index (Phi) is 5.20. The molecule has 10 heteroatoms. The van der Waals surface area contributed by atoms with Gasteiger partial charge in [-0.05, 0) is 34.1 Å². The Balaban J connectivity index is 1.60. The minimum absolute atomic E-state index is 0.103. The third-order valence-electron chi connectivity index (χ3n) is 4.27. The molecule has 0 saturated carbocycles. The number of amides is 1. The van der Waals surface area contributed by atoms with Crippen LogP contribution in [0.15, 0.2) is 58.4 Å². The molecular formula is C19H14Cl2N6O2. The van der Waals surface area contributed by atoms with Crippen LogP contribution < -0.4 is 11.2 Å². The molecule has 0 aliphatic rings. The zero-order valence-corrected chi connectivity index (χ0v) is 16.4. The molecule has 0 bridgehead atoms. The third kappa shape index (κ3) is 3.94. The van der Waals surface area contributed by atoms with Crippen LogP contribution >= 0.6 is 23.2 Å². The van der Waals surface area contributed by atoms with Crippen molar-refractivity contribution in [1.82, 2.24) is 20.3 Å². The molecule has 1 amide bonds. The lowest BCUT2D eigenvalue weighted by atomic mass is 10.2. The van der Waals surface area contributed by atoms with E-state index in [1.165, 1.54) is 0 Å². The number of carbonyl (C=O) groups is 1. The lowest BCUT2D eigenvalue weighted by molar-refractivity contribution is 0.0946. The summed E-state index contributed by atoms with van der Waals surface area (Å²) in [4.78, 5) is 12.0. The van der Waals surface area contributed by atoms with E-state index in [2.05, 4.69) is 25.5 Å². The third-order valence-corrected chi connectivity index (χ3v) is 4.86. The number of hydrogen-bond donors (Lipinski definition) is 2. The van der Waals surface area contributed by atoms with E-state index in [1.54, 1.807) is 18.3 Å². The molecule has 0 saturated heterocycles. The Labute approximate surface area is 174 Å². The van der Waals surface area contributed by atoms with Gasteiger partial charge < -0.3 is 10.3 Å². The van der Waals surface area contributed by atoms with E-state index >= 15 is 0 Å². The van der Waals surface area contributed by atoms with Crippen LogP contribution in [0, 0.1) is 0 Å². The fourth-order valence-corrected chi connectivity index (χ4v) is 3.38. The number of rotatable bonds is 5. The fourth-order valence-electron chi connectivity index (χ4n) is 2.91. The summed E-state index contributed by atoms with van der Waals surface area (Å²) in [5.41, 5.74) is 10.5. The smallest absolute Gasteiger partial charge is 0.297 e. The van der Waals surface area contributed by atoms with Crippen LogP contribution in [0.2, 0.25) is 10.0 Å². The van der Waals surface area contributed by atoms with E-state index in [-0.39, 0.29) is 11.5 Å². The largest absolute Gasteiger partial charge is 0.379 e. The number of nitrogens with two attached hydrogens (primary N) is 1. The van der Waals surface area contributed by atoms with Crippen molar-refractivity contribution in [2.24, 2.45) is 5.10 Å². The van der Waals surface area contributed by atoms with Crippen molar-refractivity contribution < 1.29 is 9.42 Å². The second kappa shape index (κ2) is 7.94. The molecule has 0 aliphatic carbocycles. The van der Waals surface area contributed by atoms with Gasteiger partial charge in [0.05, 0.1) is 6.21 Å².